The van der Waals surface area contributed by atoms with Gasteiger partial charge in [-0.15, -0.1) is 26.3 Å². The van der Waals surface area contributed by atoms with Crippen molar-refractivity contribution in [3.63, 3.8) is 0 Å². The van der Waals surface area contributed by atoms with Crippen molar-refractivity contribution >= 4 is 15.4 Å². The minimum absolute atomic E-state index is 0.380. The smallest absolute Gasteiger partial charge is 0.188 e. The summed E-state index contributed by atoms with van der Waals surface area (Å²) in [7, 11) is -3.48. The van der Waals surface area contributed by atoms with E-state index in [0.717, 1.165) is 43.6 Å². The molecule has 0 aromatic carbocycles. The van der Waals surface area contributed by atoms with Crippen LogP contribution in [0.2, 0.25) is 30.2 Å². The molecule has 0 bridgehead atoms. The zero-order valence-electron chi connectivity index (χ0n) is 14.1. The van der Waals surface area contributed by atoms with Crippen LogP contribution in [-0.4, -0.2) is 28.1 Å². The first-order valence-corrected chi connectivity index (χ1v) is 14.4. The van der Waals surface area contributed by atoms with Crippen molar-refractivity contribution in [1.82, 2.24) is 0 Å². The van der Waals surface area contributed by atoms with Crippen molar-refractivity contribution in [3.05, 3.63) is 50.6 Å². The standard InChI is InChI=1S/C18H33NOSi2/c1-5-13-21(14-6-2)17-11-18(10-9-12-19)20-22(21,15-7-3)16-8-4/h5-8,18H,1-4,9-17,19H2. The van der Waals surface area contributed by atoms with E-state index >= 15 is 0 Å². The van der Waals surface area contributed by atoms with Crippen molar-refractivity contribution in [3.8, 4) is 0 Å². The molecule has 1 rings (SSSR count). The van der Waals surface area contributed by atoms with E-state index in [9.17, 15) is 0 Å². The third kappa shape index (κ3) is 4.19. The van der Waals surface area contributed by atoms with Gasteiger partial charge in [0.2, 0.25) is 0 Å². The zero-order chi connectivity index (χ0) is 16.5. The average Bonchev–Trinajstić information content (AvgIpc) is 2.49. The Hall–Kier alpha value is -0.686. The van der Waals surface area contributed by atoms with Gasteiger partial charge in [0, 0.05) is 6.10 Å². The molecule has 2 nitrogen and oxygen atoms in total. The topological polar surface area (TPSA) is 35.2 Å². The van der Waals surface area contributed by atoms with Gasteiger partial charge in [0.05, 0.1) is 7.59 Å². The maximum atomic E-state index is 6.89. The van der Waals surface area contributed by atoms with Gasteiger partial charge in [-0.05, 0) is 50.0 Å². The first-order chi connectivity index (χ1) is 10.6. The lowest BCUT2D eigenvalue weighted by Gasteiger charge is -2.52. The van der Waals surface area contributed by atoms with Crippen LogP contribution in [0.3, 0.4) is 0 Å². The van der Waals surface area contributed by atoms with E-state index in [2.05, 4.69) is 50.6 Å². The van der Waals surface area contributed by atoms with E-state index in [1.807, 2.05) is 0 Å². The van der Waals surface area contributed by atoms with Crippen molar-refractivity contribution in [1.29, 1.82) is 0 Å². The van der Waals surface area contributed by atoms with Crippen molar-refractivity contribution < 1.29 is 4.43 Å². The van der Waals surface area contributed by atoms with Crippen LogP contribution in [0.1, 0.15) is 19.3 Å². The fourth-order valence-corrected chi connectivity index (χ4v) is 20.7. The molecule has 1 unspecified atom stereocenters. The van der Waals surface area contributed by atoms with Crippen LogP contribution >= 0.6 is 0 Å². The molecule has 1 atom stereocenters. The van der Waals surface area contributed by atoms with Gasteiger partial charge in [-0.25, -0.2) is 0 Å². The van der Waals surface area contributed by atoms with E-state index in [4.69, 9.17) is 10.2 Å². The molecule has 2 N–H and O–H groups in total. The second-order valence-corrected chi connectivity index (χ2v) is 19.3. The molecule has 4 heteroatoms. The summed E-state index contributed by atoms with van der Waals surface area (Å²) in [5, 5.41) is 0. The van der Waals surface area contributed by atoms with E-state index in [1.54, 1.807) is 0 Å². The molecule has 0 saturated carbocycles. The van der Waals surface area contributed by atoms with Crippen LogP contribution < -0.4 is 5.73 Å². The molecule has 1 aliphatic rings. The monoisotopic (exact) mass is 335 g/mol. The summed E-state index contributed by atoms with van der Waals surface area (Å²) >= 11 is 0. The molecule has 124 valence electrons. The van der Waals surface area contributed by atoms with Gasteiger partial charge in [-0.1, -0.05) is 30.3 Å². The number of allylic oxidation sites excluding steroid dienone is 4. The van der Waals surface area contributed by atoms with Gasteiger partial charge in [0.15, 0.2) is 7.83 Å². The van der Waals surface area contributed by atoms with Gasteiger partial charge in [-0.2, -0.15) is 0 Å². The Morgan fingerprint density at radius 2 is 1.50 bits per heavy atom. The molecular weight excluding hydrogens is 302 g/mol. The van der Waals surface area contributed by atoms with Crippen LogP contribution in [0, 0.1) is 0 Å². The van der Waals surface area contributed by atoms with Crippen molar-refractivity contribution in [2.75, 3.05) is 6.54 Å². The first-order valence-electron chi connectivity index (χ1n) is 8.45. The molecule has 1 heterocycles. The van der Waals surface area contributed by atoms with E-state index < -0.39 is 15.4 Å². The Balaban J connectivity index is 3.15. The molecule has 1 fully saturated rings. The highest BCUT2D eigenvalue weighted by Crippen LogP contribution is 2.45. The Labute approximate surface area is 138 Å². The lowest BCUT2D eigenvalue weighted by Crippen LogP contribution is -2.67. The van der Waals surface area contributed by atoms with Gasteiger partial charge in [0.25, 0.3) is 0 Å². The van der Waals surface area contributed by atoms with Gasteiger partial charge < -0.3 is 10.2 Å². The minimum atomic E-state index is -1.90. The molecule has 0 aromatic heterocycles. The molecule has 1 saturated heterocycles. The third-order valence-electron chi connectivity index (χ3n) is 5.05. The molecule has 22 heavy (non-hydrogen) atoms. The Kier molecular flexibility index (Phi) is 8.32. The Morgan fingerprint density at radius 1 is 0.955 bits per heavy atom. The van der Waals surface area contributed by atoms with E-state index in [0.29, 0.717) is 6.10 Å². The normalized spacial score (nSPS) is 22.7. The predicted molar refractivity (Wildman–Crippen MR) is 104 cm³/mol. The fraction of sp³-hybridized carbons (Fsp3) is 0.556. The molecule has 1 aliphatic heterocycles. The summed E-state index contributed by atoms with van der Waals surface area (Å²) in [6, 6.07) is 5.67. The van der Waals surface area contributed by atoms with Crippen LogP contribution in [0.15, 0.2) is 50.6 Å². The maximum Gasteiger partial charge on any atom is 0.188 e. The molecular formula is C18H33NOSi2. The summed E-state index contributed by atoms with van der Waals surface area (Å²) in [5.74, 6) is 0. The van der Waals surface area contributed by atoms with Gasteiger partial charge >= 0.3 is 0 Å². The summed E-state index contributed by atoms with van der Waals surface area (Å²) in [4.78, 5) is 0. The quantitative estimate of drug-likeness (QED) is 0.437. The third-order valence-corrected chi connectivity index (χ3v) is 22.4. The number of nitrogens with two attached hydrogens (primary N) is 1. The molecule has 0 spiro atoms. The summed E-state index contributed by atoms with van der Waals surface area (Å²) in [5.41, 5.74) is 5.68. The SMILES string of the molecule is C=CC[Si]1(CC=C)CCC(CCCN)O[Si]1(CC=C)CC=C. The minimum Gasteiger partial charge on any atom is -0.416 e. The van der Waals surface area contributed by atoms with Crippen LogP contribution in [0.25, 0.3) is 0 Å². The van der Waals surface area contributed by atoms with Gasteiger partial charge in [-0.3, -0.25) is 0 Å². The lowest BCUT2D eigenvalue weighted by atomic mass is 10.1. The molecule has 0 radical (unpaired) electrons. The van der Waals surface area contributed by atoms with Crippen molar-refractivity contribution in [2.45, 2.75) is 55.6 Å². The highest BCUT2D eigenvalue weighted by molar-refractivity contribution is 7.40. The molecule has 0 aliphatic carbocycles. The zero-order valence-corrected chi connectivity index (χ0v) is 16.1. The summed E-state index contributed by atoms with van der Waals surface area (Å²) in [6.45, 7) is 16.9. The van der Waals surface area contributed by atoms with E-state index in [1.165, 1.54) is 12.5 Å². The van der Waals surface area contributed by atoms with Crippen LogP contribution in [0.4, 0.5) is 0 Å². The maximum absolute atomic E-state index is 6.89. The summed E-state index contributed by atoms with van der Waals surface area (Å²) < 4.78 is 6.89. The second-order valence-electron chi connectivity index (χ2n) is 6.46. The second kappa shape index (κ2) is 9.45. The lowest BCUT2D eigenvalue weighted by molar-refractivity contribution is 0.170. The highest BCUT2D eigenvalue weighted by Gasteiger charge is 2.56. The number of rotatable bonds is 11. The Morgan fingerprint density at radius 3 is 1.95 bits per heavy atom. The fourth-order valence-electron chi connectivity index (χ4n) is 4.01. The highest BCUT2D eigenvalue weighted by atomic mass is 29.3. The molecule has 0 amide bonds. The first kappa shape index (κ1) is 19.4. The predicted octanol–water partition coefficient (Wildman–Crippen LogP) is 4.73. The average molecular weight is 336 g/mol. The summed E-state index contributed by atoms with van der Waals surface area (Å²) in [6.07, 6.45) is 12.1. The van der Waals surface area contributed by atoms with Gasteiger partial charge in [0.1, 0.15) is 0 Å². The Bertz CT molecular complexity index is 375. The van der Waals surface area contributed by atoms with Crippen LogP contribution in [0.5, 0.6) is 0 Å². The van der Waals surface area contributed by atoms with E-state index in [-0.39, 0.29) is 0 Å². The number of hydrogen-bond acceptors (Lipinski definition) is 2. The van der Waals surface area contributed by atoms with Crippen LogP contribution in [-0.2, 0) is 4.43 Å². The van der Waals surface area contributed by atoms with Crippen molar-refractivity contribution in [2.24, 2.45) is 5.73 Å². The largest absolute Gasteiger partial charge is 0.416 e. The molecule has 0 aromatic rings. The number of hydrogen-bond donors (Lipinski definition) is 1.